The molecule has 24 heavy (non-hydrogen) atoms. The molecule has 1 saturated heterocycles. The van der Waals surface area contributed by atoms with Crippen LogP contribution in [0.1, 0.15) is 25.7 Å². The lowest BCUT2D eigenvalue weighted by Crippen LogP contribution is -2.52. The summed E-state index contributed by atoms with van der Waals surface area (Å²) in [6, 6.07) is 10.7. The van der Waals surface area contributed by atoms with E-state index >= 15 is 0 Å². The van der Waals surface area contributed by atoms with Crippen LogP contribution in [0.15, 0.2) is 43.0 Å². The zero-order valence-electron chi connectivity index (χ0n) is 14.6. The van der Waals surface area contributed by atoms with Crippen LogP contribution in [-0.2, 0) is 4.79 Å². The van der Waals surface area contributed by atoms with Gasteiger partial charge in [0.1, 0.15) is 0 Å². The highest BCUT2D eigenvalue weighted by Crippen LogP contribution is 2.24. The van der Waals surface area contributed by atoms with Crippen molar-refractivity contribution >= 4 is 11.6 Å². The second kappa shape index (κ2) is 8.45. The van der Waals surface area contributed by atoms with Gasteiger partial charge in [-0.1, -0.05) is 37.1 Å². The summed E-state index contributed by atoms with van der Waals surface area (Å²) in [5.41, 5.74) is 0.951. The molecule has 0 radical (unpaired) electrons. The van der Waals surface area contributed by atoms with Crippen LogP contribution in [0.2, 0.25) is 0 Å². The minimum Gasteiger partial charge on any atom is -0.308 e. The maximum Gasteiger partial charge on any atom is 0.241 e. The molecule has 1 aliphatic carbocycles. The summed E-state index contributed by atoms with van der Waals surface area (Å²) in [5.74, 6) is 0.162. The van der Waals surface area contributed by atoms with E-state index in [4.69, 9.17) is 0 Å². The van der Waals surface area contributed by atoms with Crippen LogP contribution in [0.5, 0.6) is 0 Å². The first-order valence-electron chi connectivity index (χ1n) is 9.20. The molecule has 0 spiro atoms. The second-order valence-electron chi connectivity index (χ2n) is 6.88. The van der Waals surface area contributed by atoms with Gasteiger partial charge < -0.3 is 4.90 Å². The zero-order chi connectivity index (χ0) is 16.8. The number of anilines is 1. The molecule has 1 amide bonds. The monoisotopic (exact) mass is 327 g/mol. The Labute approximate surface area is 145 Å². The number of benzene rings is 1. The minimum absolute atomic E-state index is 0.162. The van der Waals surface area contributed by atoms with Crippen molar-refractivity contribution in [2.45, 2.75) is 31.7 Å². The highest BCUT2D eigenvalue weighted by molar-refractivity contribution is 5.95. The van der Waals surface area contributed by atoms with Crippen molar-refractivity contribution in [3.8, 4) is 0 Å². The van der Waals surface area contributed by atoms with Gasteiger partial charge in [-0.15, -0.1) is 6.58 Å². The second-order valence-corrected chi connectivity index (χ2v) is 6.88. The molecule has 2 aliphatic rings. The van der Waals surface area contributed by atoms with Gasteiger partial charge in [0, 0.05) is 44.5 Å². The van der Waals surface area contributed by atoms with Crippen LogP contribution in [0.25, 0.3) is 0 Å². The SMILES string of the molecule is C=CCN(C(=O)CN1CCN(C2CCCC2)CC1)c1ccccc1. The average Bonchev–Trinajstić information content (AvgIpc) is 3.15. The van der Waals surface area contributed by atoms with E-state index in [1.165, 1.54) is 25.7 Å². The van der Waals surface area contributed by atoms with Crippen LogP contribution < -0.4 is 4.90 Å². The Bertz CT molecular complexity index is 531. The third-order valence-corrected chi connectivity index (χ3v) is 5.29. The molecular formula is C20H29N3O. The summed E-state index contributed by atoms with van der Waals surface area (Å²) in [6.07, 6.45) is 7.29. The molecule has 130 valence electrons. The first kappa shape index (κ1) is 17.2. The Kier molecular flexibility index (Phi) is 6.05. The lowest BCUT2D eigenvalue weighted by Gasteiger charge is -2.38. The van der Waals surface area contributed by atoms with Gasteiger partial charge in [0.15, 0.2) is 0 Å². The molecular weight excluding hydrogens is 298 g/mol. The molecule has 0 N–H and O–H groups in total. The van der Waals surface area contributed by atoms with Crippen molar-refractivity contribution in [1.29, 1.82) is 0 Å². The van der Waals surface area contributed by atoms with E-state index in [2.05, 4.69) is 16.4 Å². The summed E-state index contributed by atoms with van der Waals surface area (Å²) in [5, 5.41) is 0. The predicted octanol–water partition coefficient (Wildman–Crippen LogP) is 2.77. The van der Waals surface area contributed by atoms with Crippen molar-refractivity contribution in [2.75, 3.05) is 44.2 Å². The number of piperazine rings is 1. The van der Waals surface area contributed by atoms with Crippen LogP contribution in [-0.4, -0.2) is 61.0 Å². The highest BCUT2D eigenvalue weighted by atomic mass is 16.2. The van der Waals surface area contributed by atoms with Crippen molar-refractivity contribution < 1.29 is 4.79 Å². The summed E-state index contributed by atoms with van der Waals surface area (Å²) in [4.78, 5) is 19.5. The third kappa shape index (κ3) is 4.25. The first-order valence-corrected chi connectivity index (χ1v) is 9.20. The Morgan fingerprint density at radius 1 is 1.12 bits per heavy atom. The van der Waals surface area contributed by atoms with Crippen LogP contribution >= 0.6 is 0 Å². The van der Waals surface area contributed by atoms with E-state index in [1.807, 2.05) is 35.2 Å². The normalized spacial score (nSPS) is 20.2. The molecule has 1 aliphatic heterocycles. The van der Waals surface area contributed by atoms with Crippen molar-refractivity contribution in [2.24, 2.45) is 0 Å². The average molecular weight is 327 g/mol. The largest absolute Gasteiger partial charge is 0.308 e. The summed E-state index contributed by atoms with van der Waals surface area (Å²) >= 11 is 0. The van der Waals surface area contributed by atoms with Gasteiger partial charge in [0.25, 0.3) is 0 Å². The number of para-hydroxylation sites is 1. The molecule has 1 heterocycles. The fourth-order valence-corrected chi connectivity index (χ4v) is 3.92. The lowest BCUT2D eigenvalue weighted by atomic mass is 10.2. The zero-order valence-corrected chi connectivity index (χ0v) is 14.6. The number of hydrogen-bond acceptors (Lipinski definition) is 3. The van der Waals surface area contributed by atoms with Gasteiger partial charge in [-0.3, -0.25) is 14.6 Å². The van der Waals surface area contributed by atoms with Gasteiger partial charge in [-0.05, 0) is 25.0 Å². The summed E-state index contributed by atoms with van der Waals surface area (Å²) in [6.45, 7) is 9.06. The van der Waals surface area contributed by atoms with Crippen molar-refractivity contribution in [3.05, 3.63) is 43.0 Å². The number of hydrogen-bond donors (Lipinski definition) is 0. The van der Waals surface area contributed by atoms with Crippen LogP contribution in [0.4, 0.5) is 5.69 Å². The van der Waals surface area contributed by atoms with Gasteiger partial charge in [0.2, 0.25) is 5.91 Å². The Hall–Kier alpha value is -1.65. The maximum atomic E-state index is 12.8. The molecule has 1 aromatic rings. The quantitative estimate of drug-likeness (QED) is 0.752. The number of amides is 1. The van der Waals surface area contributed by atoms with Gasteiger partial charge in [-0.25, -0.2) is 0 Å². The van der Waals surface area contributed by atoms with Gasteiger partial charge >= 0.3 is 0 Å². The maximum absolute atomic E-state index is 12.8. The van der Waals surface area contributed by atoms with E-state index in [0.29, 0.717) is 13.1 Å². The van der Waals surface area contributed by atoms with Crippen molar-refractivity contribution in [3.63, 3.8) is 0 Å². The summed E-state index contributed by atoms with van der Waals surface area (Å²) in [7, 11) is 0. The fraction of sp³-hybridized carbons (Fsp3) is 0.550. The Morgan fingerprint density at radius 2 is 1.79 bits per heavy atom. The molecule has 1 saturated carbocycles. The Morgan fingerprint density at radius 3 is 2.42 bits per heavy atom. The minimum atomic E-state index is 0.162. The van der Waals surface area contributed by atoms with Gasteiger partial charge in [0.05, 0.1) is 6.54 Å². The molecule has 0 bridgehead atoms. The predicted molar refractivity (Wildman–Crippen MR) is 99.3 cm³/mol. The molecule has 2 fully saturated rings. The molecule has 0 unspecified atom stereocenters. The van der Waals surface area contributed by atoms with E-state index in [0.717, 1.165) is 37.9 Å². The molecule has 1 aromatic carbocycles. The standard InChI is InChI=1S/C20H29N3O/c1-2-12-23(19-10-4-3-5-11-19)20(24)17-21-13-15-22(16-14-21)18-8-6-7-9-18/h2-5,10-11,18H,1,6-9,12-17H2. The van der Waals surface area contributed by atoms with E-state index < -0.39 is 0 Å². The number of nitrogens with zero attached hydrogens (tertiary/aromatic N) is 3. The highest BCUT2D eigenvalue weighted by Gasteiger charge is 2.27. The number of carbonyl (C=O) groups is 1. The molecule has 3 rings (SSSR count). The molecule has 4 nitrogen and oxygen atoms in total. The number of rotatable bonds is 6. The van der Waals surface area contributed by atoms with E-state index in [1.54, 1.807) is 6.08 Å². The van der Waals surface area contributed by atoms with E-state index in [-0.39, 0.29) is 5.91 Å². The van der Waals surface area contributed by atoms with E-state index in [9.17, 15) is 4.79 Å². The van der Waals surface area contributed by atoms with Crippen LogP contribution in [0.3, 0.4) is 0 Å². The lowest BCUT2D eigenvalue weighted by molar-refractivity contribution is -0.120. The number of carbonyl (C=O) groups excluding carboxylic acids is 1. The third-order valence-electron chi connectivity index (χ3n) is 5.29. The molecule has 0 atom stereocenters. The smallest absolute Gasteiger partial charge is 0.241 e. The van der Waals surface area contributed by atoms with Crippen molar-refractivity contribution in [1.82, 2.24) is 9.80 Å². The molecule has 0 aromatic heterocycles. The fourth-order valence-electron chi connectivity index (χ4n) is 3.92. The molecule has 4 heteroatoms. The summed E-state index contributed by atoms with van der Waals surface area (Å²) < 4.78 is 0. The van der Waals surface area contributed by atoms with Crippen LogP contribution in [0, 0.1) is 0 Å². The topological polar surface area (TPSA) is 26.8 Å². The Balaban J connectivity index is 1.53. The first-order chi connectivity index (χ1) is 11.8. The van der Waals surface area contributed by atoms with Gasteiger partial charge in [-0.2, -0.15) is 0 Å².